The molecule has 1 N–H and O–H groups in total. The average molecular weight is 373 g/mol. The van der Waals surface area contributed by atoms with Crippen LogP contribution in [0.25, 0.3) is 0 Å². The van der Waals surface area contributed by atoms with Gasteiger partial charge in [0.15, 0.2) is 6.04 Å². The molecule has 1 aromatic rings. The van der Waals surface area contributed by atoms with Gasteiger partial charge in [-0.15, -0.1) is 0 Å². The number of benzene rings is 1. The number of imide groups is 1. The molecule has 2 amide bonds. The number of hydrogen-bond donors (Lipinski definition) is 1. The van der Waals surface area contributed by atoms with Gasteiger partial charge in [0.05, 0.1) is 38.2 Å². The second-order valence-corrected chi connectivity index (χ2v) is 7.46. The molecule has 2 aliphatic rings. The summed E-state index contributed by atoms with van der Waals surface area (Å²) in [5.41, 5.74) is 1.41. The van der Waals surface area contributed by atoms with Crippen LogP contribution < -0.4 is 9.80 Å². The van der Waals surface area contributed by atoms with E-state index in [9.17, 15) is 14.4 Å². The maximum atomic E-state index is 12.8. The fraction of sp³-hybridized carbons (Fsp3) is 0.571. The minimum atomic E-state index is -0.252. The van der Waals surface area contributed by atoms with Gasteiger partial charge in [-0.1, -0.05) is 25.5 Å². The van der Waals surface area contributed by atoms with Crippen LogP contribution in [0, 0.1) is 0 Å². The highest BCUT2D eigenvalue weighted by Crippen LogP contribution is 2.23. The summed E-state index contributed by atoms with van der Waals surface area (Å²) in [6.45, 7) is 4.43. The molecule has 0 aliphatic carbocycles. The summed E-state index contributed by atoms with van der Waals surface area (Å²) in [4.78, 5) is 39.7. The van der Waals surface area contributed by atoms with Gasteiger partial charge >= 0.3 is 5.97 Å². The van der Waals surface area contributed by atoms with E-state index in [2.05, 4.69) is 0 Å². The Bertz CT molecular complexity index is 680. The molecule has 1 atom stereocenters. The summed E-state index contributed by atoms with van der Waals surface area (Å²) in [6, 6.07) is 6.83. The molecule has 0 aromatic heterocycles. The van der Waals surface area contributed by atoms with Crippen molar-refractivity contribution in [2.75, 3.05) is 24.6 Å². The molecule has 27 heavy (non-hydrogen) atoms. The second-order valence-electron chi connectivity index (χ2n) is 7.46. The lowest BCUT2D eigenvalue weighted by Crippen LogP contribution is -3.17. The Hall–Kier alpha value is -2.21. The normalized spacial score (nSPS) is 20.9. The zero-order valence-corrected chi connectivity index (χ0v) is 16.0. The van der Waals surface area contributed by atoms with E-state index >= 15 is 0 Å². The number of carbonyl (C=O) groups is 3. The summed E-state index contributed by atoms with van der Waals surface area (Å²) in [6.07, 6.45) is 5.80. The number of likely N-dealkylation sites (tertiary alicyclic amines) is 1. The minimum Gasteiger partial charge on any atom is -0.465 e. The van der Waals surface area contributed by atoms with Crippen LogP contribution in [0.3, 0.4) is 0 Å². The number of amides is 2. The maximum Gasteiger partial charge on any atom is 0.310 e. The van der Waals surface area contributed by atoms with Crippen LogP contribution in [-0.2, 0) is 25.5 Å². The largest absolute Gasteiger partial charge is 0.465 e. The standard InChI is InChI=1S/C21H28N2O4/c1-2-3-13-27-20(25)14-16-7-9-17(10-8-16)23-19(24)15-18(21(23)26)22-11-5-4-6-12-22/h7-10,18H,2-6,11-15H2,1H3/p+1/t18-/m0/s1. The third-order valence-corrected chi connectivity index (χ3v) is 5.44. The van der Waals surface area contributed by atoms with Gasteiger partial charge in [-0.3, -0.25) is 14.4 Å². The molecule has 0 radical (unpaired) electrons. The molecule has 146 valence electrons. The molecular weight excluding hydrogens is 344 g/mol. The Kier molecular flexibility index (Phi) is 6.61. The average Bonchev–Trinajstić information content (AvgIpc) is 2.98. The van der Waals surface area contributed by atoms with E-state index < -0.39 is 0 Å². The first-order valence-electron chi connectivity index (χ1n) is 10.1. The topological polar surface area (TPSA) is 68.1 Å². The number of carbonyl (C=O) groups excluding carboxylic acids is 3. The van der Waals surface area contributed by atoms with E-state index in [1.165, 1.54) is 16.2 Å². The Balaban J connectivity index is 1.61. The Morgan fingerprint density at radius 1 is 1.15 bits per heavy atom. The number of anilines is 1. The monoisotopic (exact) mass is 373 g/mol. The number of unbranched alkanes of at least 4 members (excludes halogenated alkanes) is 1. The first-order chi connectivity index (χ1) is 13.1. The quantitative estimate of drug-likeness (QED) is 0.444. The van der Waals surface area contributed by atoms with Crippen molar-refractivity contribution in [3.8, 4) is 0 Å². The number of nitrogens with zero attached hydrogens (tertiary/aromatic N) is 1. The number of rotatable bonds is 7. The van der Waals surface area contributed by atoms with Crippen LogP contribution in [0.5, 0.6) is 0 Å². The van der Waals surface area contributed by atoms with Gasteiger partial charge < -0.3 is 9.64 Å². The van der Waals surface area contributed by atoms with Gasteiger partial charge in [-0.05, 0) is 43.4 Å². The van der Waals surface area contributed by atoms with Crippen molar-refractivity contribution in [2.45, 2.75) is 57.9 Å². The number of hydrogen-bond acceptors (Lipinski definition) is 4. The molecule has 0 spiro atoms. The predicted molar refractivity (Wildman–Crippen MR) is 101 cm³/mol. The number of nitrogens with one attached hydrogen (secondary N) is 1. The molecule has 2 aliphatic heterocycles. The van der Waals surface area contributed by atoms with E-state index in [1.807, 2.05) is 6.92 Å². The Morgan fingerprint density at radius 2 is 1.85 bits per heavy atom. The number of ether oxygens (including phenoxy) is 1. The lowest BCUT2D eigenvalue weighted by molar-refractivity contribution is -0.919. The van der Waals surface area contributed by atoms with Crippen molar-refractivity contribution in [1.29, 1.82) is 0 Å². The first-order valence-corrected chi connectivity index (χ1v) is 10.1. The zero-order valence-electron chi connectivity index (χ0n) is 16.0. The molecule has 6 heteroatoms. The van der Waals surface area contributed by atoms with Gasteiger partial charge in [0.1, 0.15) is 0 Å². The maximum absolute atomic E-state index is 12.8. The van der Waals surface area contributed by atoms with Gasteiger partial charge in [0, 0.05) is 0 Å². The van der Waals surface area contributed by atoms with Crippen LogP contribution in [0.4, 0.5) is 5.69 Å². The molecule has 2 heterocycles. The van der Waals surface area contributed by atoms with Gasteiger partial charge in [-0.2, -0.15) is 0 Å². The van der Waals surface area contributed by atoms with Gasteiger partial charge in [0.2, 0.25) is 5.91 Å². The van der Waals surface area contributed by atoms with Crippen molar-refractivity contribution in [2.24, 2.45) is 0 Å². The summed E-state index contributed by atoms with van der Waals surface area (Å²) in [5, 5.41) is 0. The molecule has 0 saturated carbocycles. The first kappa shape index (κ1) is 19.5. The summed E-state index contributed by atoms with van der Waals surface area (Å²) < 4.78 is 5.17. The molecule has 0 bridgehead atoms. The summed E-state index contributed by atoms with van der Waals surface area (Å²) in [5.74, 6) is -0.475. The zero-order chi connectivity index (χ0) is 19.2. The minimum absolute atomic E-state index is 0.0939. The summed E-state index contributed by atoms with van der Waals surface area (Å²) >= 11 is 0. The van der Waals surface area contributed by atoms with E-state index in [1.54, 1.807) is 24.3 Å². The second kappa shape index (κ2) is 9.13. The number of piperidine rings is 1. The number of quaternary nitrogens is 1. The third-order valence-electron chi connectivity index (χ3n) is 5.44. The Morgan fingerprint density at radius 3 is 2.52 bits per heavy atom. The lowest BCUT2D eigenvalue weighted by Gasteiger charge is -2.27. The van der Waals surface area contributed by atoms with Crippen molar-refractivity contribution >= 4 is 23.5 Å². The van der Waals surface area contributed by atoms with Crippen LogP contribution in [-0.4, -0.2) is 43.5 Å². The van der Waals surface area contributed by atoms with Crippen molar-refractivity contribution in [3.63, 3.8) is 0 Å². The molecule has 1 aromatic carbocycles. The van der Waals surface area contributed by atoms with E-state index in [0.29, 0.717) is 18.7 Å². The third kappa shape index (κ3) is 4.75. The van der Waals surface area contributed by atoms with Gasteiger partial charge in [0.25, 0.3) is 5.91 Å². The molecule has 6 nitrogen and oxygen atoms in total. The molecule has 0 unspecified atom stereocenters. The van der Waals surface area contributed by atoms with Crippen molar-refractivity contribution in [1.82, 2.24) is 0 Å². The van der Waals surface area contributed by atoms with Crippen LogP contribution in [0.2, 0.25) is 0 Å². The number of esters is 1. The van der Waals surface area contributed by atoms with E-state index in [4.69, 9.17) is 4.74 Å². The Labute approximate surface area is 160 Å². The van der Waals surface area contributed by atoms with Gasteiger partial charge in [-0.25, -0.2) is 4.90 Å². The smallest absolute Gasteiger partial charge is 0.310 e. The highest BCUT2D eigenvalue weighted by atomic mass is 16.5. The van der Waals surface area contributed by atoms with Crippen LogP contribution in [0.1, 0.15) is 51.0 Å². The molecule has 2 saturated heterocycles. The highest BCUT2D eigenvalue weighted by molar-refractivity contribution is 6.21. The van der Waals surface area contributed by atoms with Crippen molar-refractivity contribution < 1.29 is 24.0 Å². The van der Waals surface area contributed by atoms with Crippen molar-refractivity contribution in [3.05, 3.63) is 29.8 Å². The predicted octanol–water partition coefficient (Wildman–Crippen LogP) is 1.27. The van der Waals surface area contributed by atoms with E-state index in [-0.39, 0.29) is 30.2 Å². The SMILES string of the molecule is CCCCOC(=O)Cc1ccc(N2C(=O)C[C@H]([NH+]3CCCCC3)C2=O)cc1. The van der Waals surface area contributed by atoms with Crippen LogP contribution >= 0.6 is 0 Å². The molecular formula is C21H29N2O4+. The van der Waals surface area contributed by atoms with E-state index in [0.717, 1.165) is 44.3 Å². The summed E-state index contributed by atoms with van der Waals surface area (Å²) in [7, 11) is 0. The molecule has 2 fully saturated rings. The highest BCUT2D eigenvalue weighted by Gasteiger charge is 2.45. The molecule has 3 rings (SSSR count). The fourth-order valence-electron chi connectivity index (χ4n) is 3.89. The fourth-order valence-corrected chi connectivity index (χ4v) is 3.89. The lowest BCUT2D eigenvalue weighted by atomic mass is 10.1. The van der Waals surface area contributed by atoms with Crippen LogP contribution in [0.15, 0.2) is 24.3 Å².